The molecule has 0 radical (unpaired) electrons. The fourth-order valence-electron chi connectivity index (χ4n) is 5.58. The van der Waals surface area contributed by atoms with Crippen LogP contribution in [0.4, 0.5) is 10.6 Å². The van der Waals surface area contributed by atoms with Gasteiger partial charge in [-0.05, 0) is 75.7 Å². The number of carbonyl (C=O) groups excluding carboxylic acids is 1. The number of fused-ring (bicyclic) bond motifs is 1. The summed E-state index contributed by atoms with van der Waals surface area (Å²) >= 11 is 13.5. The number of amides is 1. The van der Waals surface area contributed by atoms with Crippen LogP contribution in [-0.2, 0) is 29.3 Å². The highest BCUT2D eigenvalue weighted by atomic mass is 35.5. The molecule has 1 aliphatic heterocycles. The maximum Gasteiger partial charge on any atom is 0.410 e. The van der Waals surface area contributed by atoms with E-state index in [9.17, 15) is 4.79 Å². The first-order valence-electron chi connectivity index (χ1n) is 17.0. The Morgan fingerprint density at radius 2 is 1.78 bits per heavy atom. The van der Waals surface area contributed by atoms with Crippen molar-refractivity contribution in [3.63, 3.8) is 0 Å². The van der Waals surface area contributed by atoms with Crippen molar-refractivity contribution in [2.45, 2.75) is 91.4 Å². The van der Waals surface area contributed by atoms with Gasteiger partial charge in [0, 0.05) is 38.0 Å². The number of benzene rings is 1. The standard InChI is InChI=1S/C37H49Cl2N7O4Si/c1-23-31(32-29(39)18-41-45(32)9)42-33(43-34(23)46-19-24-13-12-16-40-30(24)21-46)27-17-25(14-15-28(27)38)48-22-26(50-51(10,11)37(5,6)7)20-44(8)35(47)49-36(2,3)4/h12-18,26H,19-22H2,1-11H3/t26-/m1/s1. The highest BCUT2D eigenvalue weighted by Gasteiger charge is 2.40. The molecule has 274 valence electrons. The van der Waals surface area contributed by atoms with Crippen LogP contribution in [0.5, 0.6) is 5.75 Å². The van der Waals surface area contributed by atoms with Crippen molar-refractivity contribution in [3.8, 4) is 28.5 Å². The predicted octanol–water partition coefficient (Wildman–Crippen LogP) is 8.71. The Kier molecular flexibility index (Phi) is 11.1. The molecule has 1 atom stereocenters. The topological polar surface area (TPSA) is 108 Å². The number of aromatic nitrogens is 5. The van der Waals surface area contributed by atoms with Gasteiger partial charge in [0.2, 0.25) is 0 Å². The highest BCUT2D eigenvalue weighted by Crippen LogP contribution is 2.40. The van der Waals surface area contributed by atoms with Gasteiger partial charge < -0.3 is 23.7 Å². The molecule has 51 heavy (non-hydrogen) atoms. The van der Waals surface area contributed by atoms with Gasteiger partial charge in [-0.25, -0.2) is 14.8 Å². The lowest BCUT2D eigenvalue weighted by atomic mass is 10.1. The zero-order valence-electron chi connectivity index (χ0n) is 31.5. The van der Waals surface area contributed by atoms with Gasteiger partial charge in [-0.15, -0.1) is 0 Å². The molecule has 5 rings (SSSR count). The zero-order valence-corrected chi connectivity index (χ0v) is 34.0. The Hall–Kier alpha value is -3.71. The van der Waals surface area contributed by atoms with Crippen LogP contribution in [0.2, 0.25) is 28.2 Å². The molecular weight excluding hydrogens is 705 g/mol. The molecule has 11 nitrogen and oxygen atoms in total. The molecule has 0 fully saturated rings. The first-order chi connectivity index (χ1) is 23.7. The van der Waals surface area contributed by atoms with Crippen LogP contribution in [0.3, 0.4) is 0 Å². The normalized spacial score (nSPS) is 14.0. The van der Waals surface area contributed by atoms with E-state index < -0.39 is 26.1 Å². The Morgan fingerprint density at radius 3 is 2.41 bits per heavy atom. The molecule has 1 aliphatic rings. The summed E-state index contributed by atoms with van der Waals surface area (Å²) in [4.78, 5) is 31.3. The SMILES string of the molecule is Cc1c(-c2c(Cl)cnn2C)nc(-c2cc(OC[C@@H](CN(C)C(=O)OC(C)(C)C)O[Si](C)(C)C(C)(C)C)ccc2Cl)nc1N1Cc2cccnc2C1. The monoisotopic (exact) mass is 753 g/mol. The molecule has 0 N–H and O–H groups in total. The van der Waals surface area contributed by atoms with Crippen LogP contribution >= 0.6 is 23.2 Å². The minimum atomic E-state index is -2.24. The number of rotatable bonds is 10. The highest BCUT2D eigenvalue weighted by molar-refractivity contribution is 6.74. The van der Waals surface area contributed by atoms with Gasteiger partial charge in [0.05, 0.1) is 46.8 Å². The molecule has 3 aromatic heterocycles. The van der Waals surface area contributed by atoms with Gasteiger partial charge in [-0.2, -0.15) is 5.10 Å². The Labute approximate surface area is 312 Å². The third kappa shape index (κ3) is 8.85. The second-order valence-corrected chi connectivity index (χ2v) is 21.2. The largest absolute Gasteiger partial charge is 0.491 e. The van der Waals surface area contributed by atoms with Crippen molar-refractivity contribution < 1.29 is 18.7 Å². The van der Waals surface area contributed by atoms with E-state index in [0.29, 0.717) is 51.7 Å². The number of halogens is 2. The maximum atomic E-state index is 12.9. The molecule has 0 aliphatic carbocycles. The summed E-state index contributed by atoms with van der Waals surface area (Å²) in [5.74, 6) is 1.73. The molecule has 0 bridgehead atoms. The van der Waals surface area contributed by atoms with E-state index >= 15 is 0 Å². The van der Waals surface area contributed by atoms with Crippen molar-refractivity contribution in [1.82, 2.24) is 29.6 Å². The number of anilines is 1. The summed E-state index contributed by atoms with van der Waals surface area (Å²) in [5, 5.41) is 5.26. The quantitative estimate of drug-likeness (QED) is 0.147. The third-order valence-electron chi connectivity index (χ3n) is 9.29. The molecule has 14 heteroatoms. The van der Waals surface area contributed by atoms with Gasteiger partial charge in [0.1, 0.15) is 29.5 Å². The summed E-state index contributed by atoms with van der Waals surface area (Å²) in [7, 11) is 1.30. The summed E-state index contributed by atoms with van der Waals surface area (Å²) in [6.45, 7) is 20.2. The maximum absolute atomic E-state index is 12.9. The summed E-state index contributed by atoms with van der Waals surface area (Å²) in [6, 6.07) is 9.46. The van der Waals surface area contributed by atoms with Gasteiger partial charge >= 0.3 is 6.09 Å². The zero-order chi connectivity index (χ0) is 37.5. The van der Waals surface area contributed by atoms with Crippen LogP contribution < -0.4 is 9.64 Å². The predicted molar refractivity (Wildman–Crippen MR) is 205 cm³/mol. The average molecular weight is 755 g/mol. The van der Waals surface area contributed by atoms with E-state index in [2.05, 4.69) is 54.9 Å². The van der Waals surface area contributed by atoms with Crippen LogP contribution in [-0.4, -0.2) is 75.9 Å². The summed E-state index contributed by atoms with van der Waals surface area (Å²) < 4.78 is 20.5. The van der Waals surface area contributed by atoms with E-state index in [-0.39, 0.29) is 18.2 Å². The first kappa shape index (κ1) is 38.5. The second kappa shape index (κ2) is 14.7. The third-order valence-corrected chi connectivity index (χ3v) is 14.4. The fraction of sp³-hybridized carbons (Fsp3) is 0.486. The Bertz CT molecular complexity index is 1860. The van der Waals surface area contributed by atoms with E-state index in [1.165, 1.54) is 0 Å². The summed E-state index contributed by atoms with van der Waals surface area (Å²) in [5.41, 5.74) is 4.33. The van der Waals surface area contributed by atoms with Crippen molar-refractivity contribution >= 4 is 43.4 Å². The molecule has 0 unspecified atom stereocenters. The van der Waals surface area contributed by atoms with Gasteiger partial charge in [-0.1, -0.05) is 50.0 Å². The van der Waals surface area contributed by atoms with Crippen molar-refractivity contribution in [1.29, 1.82) is 0 Å². The van der Waals surface area contributed by atoms with E-state index in [1.807, 2.05) is 59.1 Å². The van der Waals surface area contributed by atoms with Crippen molar-refractivity contribution in [2.75, 3.05) is 25.1 Å². The molecule has 0 saturated heterocycles. The van der Waals surface area contributed by atoms with Crippen LogP contribution in [0, 0.1) is 6.92 Å². The smallest absolute Gasteiger partial charge is 0.410 e. The van der Waals surface area contributed by atoms with Gasteiger partial charge in [0.25, 0.3) is 0 Å². The number of pyridine rings is 1. The van der Waals surface area contributed by atoms with Crippen molar-refractivity contribution in [3.05, 3.63) is 69.6 Å². The van der Waals surface area contributed by atoms with Crippen LogP contribution in [0.15, 0.2) is 42.7 Å². The van der Waals surface area contributed by atoms with Gasteiger partial charge in [-0.3, -0.25) is 9.67 Å². The van der Waals surface area contributed by atoms with Crippen LogP contribution in [0.1, 0.15) is 58.4 Å². The lowest BCUT2D eigenvalue weighted by Crippen LogP contribution is -2.49. The number of hydrogen-bond acceptors (Lipinski definition) is 9. The molecule has 0 saturated carbocycles. The van der Waals surface area contributed by atoms with E-state index in [0.717, 1.165) is 22.6 Å². The van der Waals surface area contributed by atoms with E-state index in [1.54, 1.807) is 28.9 Å². The minimum absolute atomic E-state index is 0.0507. The Morgan fingerprint density at radius 1 is 1.06 bits per heavy atom. The molecule has 0 spiro atoms. The number of nitrogens with zero attached hydrogens (tertiary/aromatic N) is 7. The number of aryl methyl sites for hydroxylation is 1. The molecular formula is C37H49Cl2N7O4Si. The number of ether oxygens (including phenoxy) is 2. The van der Waals surface area contributed by atoms with E-state index in [4.69, 9.17) is 47.1 Å². The number of hydrogen-bond donors (Lipinski definition) is 0. The molecule has 4 heterocycles. The second-order valence-electron chi connectivity index (χ2n) is 15.6. The van der Waals surface area contributed by atoms with Crippen molar-refractivity contribution in [2.24, 2.45) is 7.05 Å². The first-order valence-corrected chi connectivity index (χ1v) is 20.7. The number of carbonyl (C=O) groups is 1. The average Bonchev–Trinajstić information content (AvgIpc) is 3.61. The van der Waals surface area contributed by atoms with Crippen LogP contribution in [0.25, 0.3) is 22.8 Å². The lowest BCUT2D eigenvalue weighted by molar-refractivity contribution is 0.0172. The lowest BCUT2D eigenvalue weighted by Gasteiger charge is -2.40. The molecule has 1 amide bonds. The number of likely N-dealkylation sites (N-methyl/N-ethyl adjacent to an activating group) is 1. The molecule has 4 aromatic rings. The minimum Gasteiger partial charge on any atom is -0.491 e. The Balaban J connectivity index is 1.49. The fourth-order valence-corrected chi connectivity index (χ4v) is 7.37. The summed E-state index contributed by atoms with van der Waals surface area (Å²) in [6.07, 6.45) is 2.57. The van der Waals surface area contributed by atoms with Gasteiger partial charge in [0.15, 0.2) is 14.1 Å². The molecule has 1 aromatic carbocycles.